The molecule has 86 valence electrons. The summed E-state index contributed by atoms with van der Waals surface area (Å²) in [6.45, 7) is 2.60. The summed E-state index contributed by atoms with van der Waals surface area (Å²) in [5, 5.41) is 1.05. The number of carbonyl (C=O) groups is 2. The summed E-state index contributed by atoms with van der Waals surface area (Å²) in [5.41, 5.74) is 5.34. The molecule has 1 amide bonds. The summed E-state index contributed by atoms with van der Waals surface area (Å²) < 4.78 is 4.84. The van der Waals surface area contributed by atoms with Crippen LogP contribution in [-0.2, 0) is 14.4 Å². The number of rotatable bonds is 7. The first-order valence-electron chi connectivity index (χ1n) is 5.08. The first kappa shape index (κ1) is 11.8. The summed E-state index contributed by atoms with van der Waals surface area (Å²) in [4.78, 5) is 26.7. The standard InChI is InChI=1S/C9H16N2O4/c1-2-14-8(12)7(5-3-4-6-10)11-9(13)15-11/h7H,2-6,10H2,1H3/t7-,11?/m0/s1. The van der Waals surface area contributed by atoms with Crippen molar-refractivity contribution in [3.63, 3.8) is 0 Å². The van der Waals surface area contributed by atoms with Gasteiger partial charge in [0.1, 0.15) is 0 Å². The van der Waals surface area contributed by atoms with Crippen molar-refractivity contribution in [2.75, 3.05) is 13.2 Å². The molecule has 0 saturated carbocycles. The fourth-order valence-electron chi connectivity index (χ4n) is 1.31. The van der Waals surface area contributed by atoms with Crippen molar-refractivity contribution in [3.8, 4) is 0 Å². The lowest BCUT2D eigenvalue weighted by Crippen LogP contribution is -2.31. The third kappa shape index (κ3) is 3.39. The minimum atomic E-state index is -0.607. The van der Waals surface area contributed by atoms with Crippen LogP contribution in [0, 0.1) is 0 Å². The highest BCUT2D eigenvalue weighted by Gasteiger charge is 2.45. The molecule has 0 bridgehead atoms. The van der Waals surface area contributed by atoms with E-state index in [0.29, 0.717) is 19.6 Å². The molecule has 0 aliphatic carbocycles. The Morgan fingerprint density at radius 1 is 1.60 bits per heavy atom. The van der Waals surface area contributed by atoms with Gasteiger partial charge < -0.3 is 15.3 Å². The lowest BCUT2D eigenvalue weighted by molar-refractivity contribution is -0.150. The zero-order valence-corrected chi connectivity index (χ0v) is 8.77. The second-order valence-corrected chi connectivity index (χ2v) is 3.24. The first-order valence-corrected chi connectivity index (χ1v) is 5.08. The number of hydroxylamine groups is 2. The Bertz CT molecular complexity index is 244. The average Bonchev–Trinajstić information content (AvgIpc) is 2.90. The molecule has 0 aromatic heterocycles. The molecule has 2 N–H and O–H groups in total. The van der Waals surface area contributed by atoms with Crippen LogP contribution >= 0.6 is 0 Å². The van der Waals surface area contributed by atoms with Gasteiger partial charge in [0.05, 0.1) is 6.61 Å². The normalized spacial score (nSPS) is 15.9. The molecule has 1 aliphatic heterocycles. The topological polar surface area (TPSA) is 84.9 Å². The van der Waals surface area contributed by atoms with E-state index in [1.165, 1.54) is 0 Å². The number of hydrogen-bond donors (Lipinski definition) is 1. The second kappa shape index (κ2) is 5.55. The van der Waals surface area contributed by atoms with Gasteiger partial charge in [-0.25, -0.2) is 9.59 Å². The molecular weight excluding hydrogens is 200 g/mol. The van der Waals surface area contributed by atoms with Gasteiger partial charge in [-0.3, -0.25) is 0 Å². The van der Waals surface area contributed by atoms with Crippen LogP contribution in [0.5, 0.6) is 0 Å². The Morgan fingerprint density at radius 3 is 2.73 bits per heavy atom. The largest absolute Gasteiger partial charge is 0.468 e. The van der Waals surface area contributed by atoms with Crippen molar-refractivity contribution < 1.29 is 19.2 Å². The number of hydrogen-bond acceptors (Lipinski definition) is 5. The number of carbonyl (C=O) groups excluding carboxylic acids is 2. The molecule has 0 spiro atoms. The van der Waals surface area contributed by atoms with E-state index in [1.54, 1.807) is 6.92 Å². The second-order valence-electron chi connectivity index (χ2n) is 3.24. The van der Waals surface area contributed by atoms with Crippen LogP contribution in [0.25, 0.3) is 0 Å². The van der Waals surface area contributed by atoms with Gasteiger partial charge in [0.2, 0.25) is 0 Å². The molecule has 1 rings (SSSR count). The van der Waals surface area contributed by atoms with Crippen LogP contribution in [0.15, 0.2) is 0 Å². The molecule has 15 heavy (non-hydrogen) atoms. The van der Waals surface area contributed by atoms with Crippen molar-refractivity contribution in [2.45, 2.75) is 32.2 Å². The Kier molecular flexibility index (Phi) is 4.36. The van der Waals surface area contributed by atoms with E-state index in [-0.39, 0.29) is 0 Å². The number of amides is 1. The Hall–Kier alpha value is -1.30. The van der Waals surface area contributed by atoms with Crippen LogP contribution in [0.4, 0.5) is 4.79 Å². The van der Waals surface area contributed by atoms with Gasteiger partial charge in [-0.15, -0.1) is 5.06 Å². The minimum Gasteiger partial charge on any atom is -0.464 e. The molecule has 1 atom stereocenters. The van der Waals surface area contributed by atoms with Crippen molar-refractivity contribution in [2.24, 2.45) is 5.73 Å². The van der Waals surface area contributed by atoms with Crippen molar-refractivity contribution in [3.05, 3.63) is 0 Å². The average molecular weight is 216 g/mol. The van der Waals surface area contributed by atoms with Gasteiger partial charge in [0.15, 0.2) is 6.04 Å². The summed E-state index contributed by atoms with van der Waals surface area (Å²) in [6, 6.07) is -0.607. The van der Waals surface area contributed by atoms with Crippen LogP contribution in [0.2, 0.25) is 0 Å². The quantitative estimate of drug-likeness (QED) is 0.378. The Morgan fingerprint density at radius 2 is 2.27 bits per heavy atom. The van der Waals surface area contributed by atoms with Gasteiger partial charge in [0, 0.05) is 0 Å². The van der Waals surface area contributed by atoms with Gasteiger partial charge >= 0.3 is 12.1 Å². The van der Waals surface area contributed by atoms with E-state index in [9.17, 15) is 9.59 Å². The predicted molar refractivity (Wildman–Crippen MR) is 51.6 cm³/mol. The fraction of sp³-hybridized carbons (Fsp3) is 0.778. The zero-order chi connectivity index (χ0) is 11.3. The van der Waals surface area contributed by atoms with E-state index in [2.05, 4.69) is 4.84 Å². The van der Waals surface area contributed by atoms with Gasteiger partial charge in [-0.1, -0.05) is 0 Å². The summed E-state index contributed by atoms with van der Waals surface area (Å²) in [6.07, 6.45) is 1.65. The number of nitrogens with two attached hydrogens (primary N) is 1. The monoisotopic (exact) mass is 216 g/mol. The highest BCUT2D eigenvalue weighted by atomic mass is 16.9. The van der Waals surface area contributed by atoms with Crippen molar-refractivity contribution >= 4 is 12.1 Å². The van der Waals surface area contributed by atoms with E-state index in [1.807, 2.05) is 0 Å². The minimum absolute atomic E-state index is 0.300. The molecule has 0 unspecified atom stereocenters. The molecule has 0 aromatic rings. The lowest BCUT2D eigenvalue weighted by Gasteiger charge is -2.11. The number of nitrogens with zero attached hydrogens (tertiary/aromatic N) is 1. The van der Waals surface area contributed by atoms with Crippen LogP contribution in [0.3, 0.4) is 0 Å². The molecular formula is C9H16N2O4. The van der Waals surface area contributed by atoms with Crippen LogP contribution in [-0.4, -0.2) is 36.3 Å². The molecule has 0 radical (unpaired) electrons. The summed E-state index contributed by atoms with van der Waals surface area (Å²) in [7, 11) is 0. The molecule has 1 aliphatic rings. The predicted octanol–water partition coefficient (Wildman–Crippen LogP) is 0.414. The van der Waals surface area contributed by atoms with Crippen LogP contribution in [0.1, 0.15) is 26.2 Å². The summed E-state index contributed by atoms with van der Waals surface area (Å²) in [5.74, 6) is -0.416. The third-order valence-electron chi connectivity index (χ3n) is 2.10. The maximum atomic E-state index is 11.4. The molecule has 1 saturated heterocycles. The van der Waals surface area contributed by atoms with Crippen molar-refractivity contribution in [1.82, 2.24) is 5.06 Å². The van der Waals surface area contributed by atoms with Gasteiger partial charge in [-0.2, -0.15) is 0 Å². The van der Waals surface area contributed by atoms with Gasteiger partial charge in [0.25, 0.3) is 0 Å². The molecule has 1 fully saturated rings. The molecule has 6 nitrogen and oxygen atoms in total. The fourth-order valence-corrected chi connectivity index (χ4v) is 1.31. The molecule has 0 aromatic carbocycles. The van der Waals surface area contributed by atoms with Gasteiger partial charge in [-0.05, 0) is 32.7 Å². The summed E-state index contributed by atoms with van der Waals surface area (Å²) >= 11 is 0. The maximum Gasteiger partial charge on any atom is 0.468 e. The maximum absolute atomic E-state index is 11.4. The SMILES string of the molecule is CCOC(=O)[C@H](CCCCN)N1OC1=O. The third-order valence-corrected chi connectivity index (χ3v) is 2.10. The number of esters is 1. The van der Waals surface area contributed by atoms with E-state index in [4.69, 9.17) is 10.5 Å². The van der Waals surface area contributed by atoms with Crippen LogP contribution < -0.4 is 5.73 Å². The lowest BCUT2D eigenvalue weighted by atomic mass is 10.1. The number of unbranched alkanes of at least 4 members (excludes halogenated alkanes) is 1. The molecule has 1 heterocycles. The zero-order valence-electron chi connectivity index (χ0n) is 8.77. The van der Waals surface area contributed by atoms with E-state index in [0.717, 1.165) is 17.9 Å². The highest BCUT2D eigenvalue weighted by Crippen LogP contribution is 2.22. The Balaban J connectivity index is 2.39. The van der Waals surface area contributed by atoms with E-state index < -0.39 is 18.1 Å². The van der Waals surface area contributed by atoms with Crippen molar-refractivity contribution in [1.29, 1.82) is 0 Å². The van der Waals surface area contributed by atoms with E-state index >= 15 is 0 Å². The smallest absolute Gasteiger partial charge is 0.464 e. The number of ether oxygens (including phenoxy) is 1. The molecule has 6 heteroatoms. The first-order chi connectivity index (χ1) is 7.20. The Labute approximate surface area is 88.3 Å². The highest BCUT2D eigenvalue weighted by molar-refractivity contribution is 5.85.